The van der Waals surface area contributed by atoms with Crippen molar-refractivity contribution < 1.29 is 19.1 Å². The summed E-state index contributed by atoms with van der Waals surface area (Å²) in [6, 6.07) is 17.1. The minimum atomic E-state index is -0.492. The van der Waals surface area contributed by atoms with Crippen LogP contribution in [0.5, 0.6) is 0 Å². The standard InChI is InChI=1S/C25H25NO4S/c1-17-5-9-20(10-6-17)22-13-15-31-24(22)25(29)30-16-23(28)21-11-7-19(8-12-21)4-3-14-26-18(2)27/h5-13,15H,3-4,14,16H2,1-2H3,(H,26,27). The number of ether oxygens (including phenoxy) is 1. The molecule has 0 aliphatic carbocycles. The van der Waals surface area contributed by atoms with Crippen LogP contribution in [0.1, 0.15) is 44.5 Å². The highest BCUT2D eigenvalue weighted by atomic mass is 32.1. The third-order valence-corrected chi connectivity index (χ3v) is 5.73. The van der Waals surface area contributed by atoms with E-state index in [-0.39, 0.29) is 18.3 Å². The van der Waals surface area contributed by atoms with Crippen LogP contribution in [0.3, 0.4) is 0 Å². The highest BCUT2D eigenvalue weighted by molar-refractivity contribution is 7.12. The van der Waals surface area contributed by atoms with Crippen LogP contribution in [0.15, 0.2) is 60.0 Å². The van der Waals surface area contributed by atoms with Crippen molar-refractivity contribution in [3.8, 4) is 11.1 Å². The minimum Gasteiger partial charge on any atom is -0.453 e. The van der Waals surface area contributed by atoms with Gasteiger partial charge in [-0.25, -0.2) is 4.79 Å². The normalized spacial score (nSPS) is 10.5. The fourth-order valence-corrected chi connectivity index (χ4v) is 3.93. The van der Waals surface area contributed by atoms with Gasteiger partial charge in [0.25, 0.3) is 0 Å². The number of hydrogen-bond acceptors (Lipinski definition) is 5. The number of esters is 1. The molecule has 0 saturated carbocycles. The molecule has 1 amide bonds. The van der Waals surface area contributed by atoms with Crippen LogP contribution in [0.4, 0.5) is 0 Å². The Hall–Kier alpha value is -3.25. The molecule has 1 aromatic heterocycles. The number of nitrogens with one attached hydrogen (secondary N) is 1. The van der Waals surface area contributed by atoms with Gasteiger partial charge < -0.3 is 10.1 Å². The van der Waals surface area contributed by atoms with E-state index in [0.717, 1.165) is 35.1 Å². The third kappa shape index (κ3) is 6.36. The molecule has 6 heteroatoms. The summed E-state index contributed by atoms with van der Waals surface area (Å²) in [5.74, 6) is -0.774. The zero-order valence-corrected chi connectivity index (χ0v) is 18.5. The maximum Gasteiger partial charge on any atom is 0.349 e. The maximum absolute atomic E-state index is 12.6. The molecule has 0 aliphatic rings. The van der Waals surface area contributed by atoms with Crippen molar-refractivity contribution in [1.82, 2.24) is 5.32 Å². The number of amides is 1. The molecule has 0 atom stereocenters. The predicted octanol–water partition coefficient (Wildman–Crippen LogP) is 4.83. The number of benzene rings is 2. The van der Waals surface area contributed by atoms with E-state index in [4.69, 9.17) is 4.74 Å². The Kier molecular flexibility index (Phi) is 7.73. The van der Waals surface area contributed by atoms with Gasteiger partial charge in [-0.3, -0.25) is 9.59 Å². The van der Waals surface area contributed by atoms with Crippen LogP contribution in [0.25, 0.3) is 11.1 Å². The fraction of sp³-hybridized carbons (Fsp3) is 0.240. The van der Waals surface area contributed by atoms with Gasteiger partial charge in [-0.05, 0) is 42.3 Å². The van der Waals surface area contributed by atoms with Crippen molar-refractivity contribution in [1.29, 1.82) is 0 Å². The topological polar surface area (TPSA) is 72.5 Å². The van der Waals surface area contributed by atoms with E-state index in [1.807, 2.05) is 54.8 Å². The number of rotatable bonds is 9. The Morgan fingerprint density at radius 2 is 1.68 bits per heavy atom. The first kappa shape index (κ1) is 22.4. The zero-order chi connectivity index (χ0) is 22.2. The monoisotopic (exact) mass is 435 g/mol. The first-order valence-corrected chi connectivity index (χ1v) is 11.0. The molecule has 31 heavy (non-hydrogen) atoms. The lowest BCUT2D eigenvalue weighted by Gasteiger charge is -2.07. The summed E-state index contributed by atoms with van der Waals surface area (Å²) in [5.41, 5.74) is 4.49. The lowest BCUT2D eigenvalue weighted by molar-refractivity contribution is -0.118. The van der Waals surface area contributed by atoms with Gasteiger partial charge >= 0.3 is 5.97 Å². The summed E-state index contributed by atoms with van der Waals surface area (Å²) in [4.78, 5) is 36.4. The average molecular weight is 436 g/mol. The second kappa shape index (κ2) is 10.7. The van der Waals surface area contributed by atoms with Crippen LogP contribution in [-0.2, 0) is 16.0 Å². The molecule has 1 heterocycles. The Morgan fingerprint density at radius 3 is 2.35 bits per heavy atom. The smallest absolute Gasteiger partial charge is 0.349 e. The largest absolute Gasteiger partial charge is 0.453 e. The molecule has 3 rings (SSSR count). The van der Waals surface area contributed by atoms with Crippen LogP contribution < -0.4 is 5.32 Å². The van der Waals surface area contributed by atoms with E-state index in [2.05, 4.69) is 5.32 Å². The van der Waals surface area contributed by atoms with E-state index in [1.54, 1.807) is 12.1 Å². The second-order valence-corrected chi connectivity index (χ2v) is 8.23. The van der Waals surface area contributed by atoms with Gasteiger partial charge in [0.05, 0.1) is 0 Å². The second-order valence-electron chi connectivity index (χ2n) is 7.31. The van der Waals surface area contributed by atoms with Crippen molar-refractivity contribution in [2.75, 3.05) is 13.2 Å². The SMILES string of the molecule is CC(=O)NCCCc1ccc(C(=O)COC(=O)c2sccc2-c2ccc(C)cc2)cc1. The highest BCUT2D eigenvalue weighted by Gasteiger charge is 2.18. The predicted molar refractivity (Wildman–Crippen MR) is 123 cm³/mol. The van der Waals surface area contributed by atoms with Gasteiger partial charge in [-0.1, -0.05) is 54.1 Å². The molecule has 0 bridgehead atoms. The van der Waals surface area contributed by atoms with Crippen molar-refractivity contribution in [2.24, 2.45) is 0 Å². The van der Waals surface area contributed by atoms with Gasteiger partial charge in [-0.15, -0.1) is 11.3 Å². The highest BCUT2D eigenvalue weighted by Crippen LogP contribution is 2.29. The average Bonchev–Trinajstić information content (AvgIpc) is 3.25. The Labute approximate surface area is 186 Å². The van der Waals surface area contributed by atoms with Gasteiger partial charge in [-0.2, -0.15) is 0 Å². The lowest BCUT2D eigenvalue weighted by atomic mass is 10.0. The molecular weight excluding hydrogens is 410 g/mol. The van der Waals surface area contributed by atoms with E-state index in [0.29, 0.717) is 17.0 Å². The summed E-state index contributed by atoms with van der Waals surface area (Å²) >= 11 is 1.31. The van der Waals surface area contributed by atoms with Crippen LogP contribution in [0, 0.1) is 6.92 Å². The zero-order valence-electron chi connectivity index (χ0n) is 17.6. The molecule has 5 nitrogen and oxygen atoms in total. The van der Waals surface area contributed by atoms with E-state index >= 15 is 0 Å². The summed E-state index contributed by atoms with van der Waals surface area (Å²) < 4.78 is 5.30. The number of aryl methyl sites for hydroxylation is 2. The van der Waals surface area contributed by atoms with Crippen molar-refractivity contribution in [3.05, 3.63) is 81.5 Å². The molecule has 0 spiro atoms. The van der Waals surface area contributed by atoms with Gasteiger partial charge in [0.15, 0.2) is 12.4 Å². The molecule has 0 unspecified atom stereocenters. The van der Waals surface area contributed by atoms with Gasteiger partial charge in [0.1, 0.15) is 4.88 Å². The van der Waals surface area contributed by atoms with E-state index in [1.165, 1.54) is 18.3 Å². The van der Waals surface area contributed by atoms with Crippen molar-refractivity contribution in [2.45, 2.75) is 26.7 Å². The van der Waals surface area contributed by atoms with Crippen LogP contribution in [-0.4, -0.2) is 30.8 Å². The number of Topliss-reactive ketones (excluding diaryl/α,β-unsaturated/α-hetero) is 1. The fourth-order valence-electron chi connectivity index (χ4n) is 3.12. The van der Waals surface area contributed by atoms with Gasteiger partial charge in [0, 0.05) is 24.6 Å². The summed E-state index contributed by atoms with van der Waals surface area (Å²) in [6.07, 6.45) is 1.64. The molecule has 0 saturated heterocycles. The van der Waals surface area contributed by atoms with Crippen molar-refractivity contribution >= 4 is 29.0 Å². The number of carbonyl (C=O) groups excluding carboxylic acids is 3. The van der Waals surface area contributed by atoms with Crippen LogP contribution in [0.2, 0.25) is 0 Å². The third-order valence-electron chi connectivity index (χ3n) is 4.84. The Morgan fingerprint density at radius 1 is 0.968 bits per heavy atom. The first-order valence-electron chi connectivity index (χ1n) is 10.1. The molecule has 3 aromatic rings. The molecule has 0 aliphatic heterocycles. The van der Waals surface area contributed by atoms with Crippen molar-refractivity contribution in [3.63, 3.8) is 0 Å². The molecule has 0 fully saturated rings. The summed E-state index contributed by atoms with van der Waals surface area (Å²) in [6.45, 7) is 3.83. The van der Waals surface area contributed by atoms with E-state index in [9.17, 15) is 14.4 Å². The molecule has 160 valence electrons. The number of carbonyl (C=O) groups is 3. The van der Waals surface area contributed by atoms with Gasteiger partial charge in [0.2, 0.25) is 5.91 Å². The van der Waals surface area contributed by atoms with E-state index < -0.39 is 5.97 Å². The number of hydrogen-bond donors (Lipinski definition) is 1. The summed E-state index contributed by atoms with van der Waals surface area (Å²) in [5, 5.41) is 4.61. The van der Waals surface area contributed by atoms with Crippen LogP contribution >= 0.6 is 11.3 Å². The minimum absolute atomic E-state index is 0.0379. The first-order chi connectivity index (χ1) is 14.9. The number of thiophene rings is 1. The lowest BCUT2D eigenvalue weighted by Crippen LogP contribution is -2.21. The molecule has 1 N–H and O–H groups in total. The summed E-state index contributed by atoms with van der Waals surface area (Å²) in [7, 11) is 0. The molecule has 0 radical (unpaired) electrons. The molecular formula is C25H25NO4S. The Balaban J connectivity index is 1.54. The molecule has 2 aromatic carbocycles. The maximum atomic E-state index is 12.6. The Bertz CT molecular complexity index is 1050. The number of ketones is 1. The quantitative estimate of drug-likeness (QED) is 0.297.